The lowest BCUT2D eigenvalue weighted by atomic mass is 9.78. The van der Waals surface area contributed by atoms with Crippen molar-refractivity contribution in [2.75, 3.05) is 11.5 Å². The van der Waals surface area contributed by atoms with Crippen LogP contribution in [0.15, 0.2) is 72.8 Å². The maximum Gasteiger partial charge on any atom is 0.233 e. The van der Waals surface area contributed by atoms with E-state index in [9.17, 15) is 34.7 Å². The third kappa shape index (κ3) is 5.61. The summed E-state index contributed by atoms with van der Waals surface area (Å²) in [5.41, 5.74) is 2.94. The van der Waals surface area contributed by atoms with Gasteiger partial charge in [0.2, 0.25) is 5.91 Å². The van der Waals surface area contributed by atoms with Crippen molar-refractivity contribution in [3.05, 3.63) is 95.3 Å². The van der Waals surface area contributed by atoms with Gasteiger partial charge in [-0.2, -0.15) is 0 Å². The Morgan fingerprint density at radius 3 is 2.20 bits per heavy atom. The summed E-state index contributed by atoms with van der Waals surface area (Å²) in [7, 11) is 0. The number of benzene rings is 3. The molecule has 0 aliphatic carbocycles. The molecule has 2 aliphatic heterocycles. The van der Waals surface area contributed by atoms with E-state index in [1.54, 1.807) is 35.2 Å². The van der Waals surface area contributed by atoms with Gasteiger partial charge >= 0.3 is 0 Å². The van der Waals surface area contributed by atoms with Gasteiger partial charge in [-0.05, 0) is 60.7 Å². The summed E-state index contributed by atoms with van der Waals surface area (Å²) in [6.07, 6.45) is -4.05. The van der Waals surface area contributed by atoms with Gasteiger partial charge in [0.25, 0.3) is 0 Å². The summed E-state index contributed by atoms with van der Waals surface area (Å²) in [5, 5.41) is 51.1. The molecule has 8 nitrogen and oxygen atoms in total. The highest BCUT2D eigenvalue weighted by molar-refractivity contribution is 6.03. The molecule has 2 fully saturated rings. The molecule has 2 saturated heterocycles. The molecule has 212 valence electrons. The Hall–Kier alpha value is -3.34. The van der Waals surface area contributed by atoms with Gasteiger partial charge in [0.1, 0.15) is 36.0 Å². The second-order valence-corrected chi connectivity index (χ2v) is 10.6. The Morgan fingerprint density at radius 2 is 1.52 bits per heavy atom. The summed E-state index contributed by atoms with van der Waals surface area (Å²) in [6.45, 7) is -0.515. The quantitative estimate of drug-likeness (QED) is 0.259. The van der Waals surface area contributed by atoms with Crippen LogP contribution in [0.2, 0.25) is 0 Å². The number of carbonyl (C=O) groups excluding carboxylic acids is 1. The molecule has 0 aromatic heterocycles. The summed E-state index contributed by atoms with van der Waals surface area (Å²) in [6, 6.07) is 20.3. The third-order valence-electron chi connectivity index (χ3n) is 7.98. The Morgan fingerprint density at radius 1 is 0.850 bits per heavy atom. The highest BCUT2D eigenvalue weighted by atomic mass is 19.1. The highest BCUT2D eigenvalue weighted by Gasteiger charge is 2.49. The summed E-state index contributed by atoms with van der Waals surface area (Å²) in [4.78, 5) is 15.0. The van der Waals surface area contributed by atoms with Crippen LogP contribution in [0, 0.1) is 11.7 Å². The fraction of sp³-hybridized carbons (Fsp3) is 0.387. The molecule has 40 heavy (non-hydrogen) atoms. The third-order valence-corrected chi connectivity index (χ3v) is 7.98. The maximum atomic E-state index is 13.3. The first-order chi connectivity index (χ1) is 19.3. The van der Waals surface area contributed by atoms with Gasteiger partial charge in [-0.1, -0.05) is 42.5 Å². The van der Waals surface area contributed by atoms with Crippen molar-refractivity contribution in [2.45, 2.75) is 62.2 Å². The average molecular weight is 552 g/mol. The summed E-state index contributed by atoms with van der Waals surface area (Å²) in [5.74, 6) is -0.672. The number of para-hydroxylation sites is 1. The smallest absolute Gasteiger partial charge is 0.233 e. The van der Waals surface area contributed by atoms with E-state index >= 15 is 0 Å². The lowest BCUT2D eigenvalue weighted by Crippen LogP contribution is -2.59. The first kappa shape index (κ1) is 28.2. The van der Waals surface area contributed by atoms with E-state index in [4.69, 9.17) is 4.74 Å². The van der Waals surface area contributed by atoms with Gasteiger partial charge in [-0.3, -0.25) is 4.79 Å². The van der Waals surface area contributed by atoms with Gasteiger partial charge in [-0.25, -0.2) is 4.39 Å². The maximum absolute atomic E-state index is 13.3. The molecule has 0 radical (unpaired) electrons. The molecule has 2 unspecified atom stereocenters. The molecule has 9 heteroatoms. The number of aliphatic hydroxyl groups excluding tert-OH is 4. The van der Waals surface area contributed by atoms with Crippen LogP contribution in [0.3, 0.4) is 0 Å². The molecule has 1 amide bonds. The number of carbonyl (C=O) groups is 1. The minimum Gasteiger partial charge on any atom is -0.508 e. The number of hydrogen-bond donors (Lipinski definition) is 5. The number of halogens is 1. The molecule has 0 saturated carbocycles. The Balaban J connectivity index is 1.34. The number of nitrogens with zero attached hydrogens (tertiary/aromatic N) is 1. The van der Waals surface area contributed by atoms with Gasteiger partial charge in [0, 0.05) is 17.7 Å². The van der Waals surface area contributed by atoms with E-state index in [0.29, 0.717) is 24.0 Å². The topological polar surface area (TPSA) is 131 Å². The molecule has 0 spiro atoms. The van der Waals surface area contributed by atoms with Crippen LogP contribution >= 0.6 is 0 Å². The first-order valence-electron chi connectivity index (χ1n) is 13.5. The number of aliphatic hydroxyl groups is 4. The Bertz CT molecular complexity index is 1300. The summed E-state index contributed by atoms with van der Waals surface area (Å²) < 4.78 is 18.9. The van der Waals surface area contributed by atoms with Crippen LogP contribution in [-0.2, 0) is 22.4 Å². The van der Waals surface area contributed by atoms with Gasteiger partial charge in [0.15, 0.2) is 0 Å². The molecule has 7 atom stereocenters. The molecular weight excluding hydrogens is 517 g/mol. The molecule has 2 aliphatic rings. The molecule has 5 N–H and O–H groups in total. The van der Waals surface area contributed by atoms with E-state index in [2.05, 4.69) is 0 Å². The van der Waals surface area contributed by atoms with E-state index in [0.717, 1.165) is 17.7 Å². The lowest BCUT2D eigenvalue weighted by molar-refractivity contribution is -0.228. The molecule has 0 bridgehead atoms. The monoisotopic (exact) mass is 551 g/mol. The van der Waals surface area contributed by atoms with Crippen LogP contribution in [0.25, 0.3) is 0 Å². The van der Waals surface area contributed by atoms with Gasteiger partial charge < -0.3 is 35.2 Å². The molecule has 3 aromatic carbocycles. The van der Waals surface area contributed by atoms with Gasteiger partial charge in [-0.15, -0.1) is 0 Å². The fourth-order valence-corrected chi connectivity index (χ4v) is 5.79. The van der Waals surface area contributed by atoms with Crippen molar-refractivity contribution in [1.29, 1.82) is 0 Å². The second kappa shape index (κ2) is 12.0. The predicted molar refractivity (Wildman–Crippen MR) is 145 cm³/mol. The Kier molecular flexibility index (Phi) is 8.48. The Labute approximate surface area is 231 Å². The first-order valence-corrected chi connectivity index (χ1v) is 13.5. The fourth-order valence-electron chi connectivity index (χ4n) is 5.79. The van der Waals surface area contributed by atoms with Gasteiger partial charge in [0.05, 0.1) is 24.7 Å². The minimum absolute atomic E-state index is 0.0101. The number of amides is 1. The van der Waals surface area contributed by atoms with E-state index in [-0.39, 0.29) is 35.9 Å². The molecule has 3 aromatic rings. The van der Waals surface area contributed by atoms with E-state index in [1.165, 1.54) is 12.1 Å². The number of phenols is 1. The minimum atomic E-state index is -1.47. The number of hydrogen-bond acceptors (Lipinski definition) is 7. The number of β-lactam (4-membered cyclic amide) rings is 1. The second-order valence-electron chi connectivity index (χ2n) is 10.6. The number of aryl methyl sites for hydroxylation is 1. The van der Waals surface area contributed by atoms with E-state index < -0.39 is 37.1 Å². The lowest BCUT2D eigenvalue weighted by Gasteiger charge is -2.48. The van der Waals surface area contributed by atoms with Crippen LogP contribution in [0.4, 0.5) is 10.1 Å². The zero-order valence-corrected chi connectivity index (χ0v) is 21.9. The zero-order valence-electron chi connectivity index (χ0n) is 21.9. The molecule has 5 rings (SSSR count). The van der Waals surface area contributed by atoms with Crippen molar-refractivity contribution in [3.8, 4) is 5.75 Å². The standard InChI is InChI=1S/C31H34FNO7/c32-20-12-9-18(10-13-20)5-4-8-23-27(33(31(23)39)21-6-2-1-3-7-21)22-14-11-19(15-24(22)35)16-25-28(36)30(38)29(37)26(17-34)40-25/h1-3,6-7,9-15,23,25-30,34-38H,4-5,8,16-17H2/t23-,25+,26?,27-,28-,29-,30?/m1/s1. The molecule has 2 heterocycles. The van der Waals surface area contributed by atoms with Crippen molar-refractivity contribution < 1.29 is 39.5 Å². The SMILES string of the molecule is O=C1[C@H](CCCc2ccc(F)cc2)[C@@H](c2ccc(C[C@@H]3OC(CO)[C@@H](O)C(O)[C@@H]3O)cc2O)N1c1ccccc1. The normalized spacial score (nSPS) is 28.4. The van der Waals surface area contributed by atoms with Crippen LogP contribution in [0.5, 0.6) is 5.75 Å². The largest absolute Gasteiger partial charge is 0.508 e. The molecular formula is C31H34FNO7. The number of aromatic hydroxyl groups is 1. The summed E-state index contributed by atoms with van der Waals surface area (Å²) >= 11 is 0. The van der Waals surface area contributed by atoms with Crippen molar-refractivity contribution in [1.82, 2.24) is 0 Å². The average Bonchev–Trinajstić information content (AvgIpc) is 2.96. The number of ether oxygens (including phenoxy) is 1. The van der Waals surface area contributed by atoms with E-state index in [1.807, 2.05) is 30.3 Å². The highest BCUT2D eigenvalue weighted by Crippen LogP contribution is 2.48. The predicted octanol–water partition coefficient (Wildman–Crippen LogP) is 2.64. The zero-order chi connectivity index (χ0) is 28.4. The van der Waals surface area contributed by atoms with Crippen molar-refractivity contribution in [2.24, 2.45) is 5.92 Å². The van der Waals surface area contributed by atoms with Crippen LogP contribution in [0.1, 0.15) is 35.6 Å². The van der Waals surface area contributed by atoms with Crippen LogP contribution < -0.4 is 4.90 Å². The van der Waals surface area contributed by atoms with Crippen molar-refractivity contribution in [3.63, 3.8) is 0 Å². The van der Waals surface area contributed by atoms with Crippen molar-refractivity contribution >= 4 is 11.6 Å². The number of rotatable bonds is 9. The van der Waals surface area contributed by atoms with Crippen LogP contribution in [-0.4, -0.2) is 68.6 Å². The number of anilines is 1. The number of phenolic OH excluding ortho intramolecular Hbond substituents is 1.